The van der Waals surface area contributed by atoms with Gasteiger partial charge in [0.05, 0.1) is 5.03 Å². The Morgan fingerprint density at radius 2 is 2.33 bits per heavy atom. The summed E-state index contributed by atoms with van der Waals surface area (Å²) in [6.07, 6.45) is 2.31. The maximum Gasteiger partial charge on any atom is 0.330 e. The second-order valence-electron chi connectivity index (χ2n) is 2.37. The first-order chi connectivity index (χ1) is 5.61. The predicted molar refractivity (Wildman–Crippen MR) is 50.0 cm³/mol. The lowest BCUT2D eigenvalue weighted by Crippen LogP contribution is -2.16. The van der Waals surface area contributed by atoms with E-state index in [4.69, 9.17) is 16.3 Å². The molecular weight excluding hydrogens is 176 g/mol. The van der Waals surface area contributed by atoms with Crippen LogP contribution in [0, 0.1) is 0 Å². The van der Waals surface area contributed by atoms with Crippen LogP contribution in [0.15, 0.2) is 24.3 Å². The molecule has 1 atom stereocenters. The van der Waals surface area contributed by atoms with Crippen molar-refractivity contribution in [3.63, 3.8) is 0 Å². The lowest BCUT2D eigenvalue weighted by Gasteiger charge is -2.13. The second kappa shape index (κ2) is 5.84. The highest BCUT2D eigenvalue weighted by Crippen LogP contribution is 2.14. The van der Waals surface area contributed by atoms with Crippen LogP contribution in [0.3, 0.4) is 0 Å². The molecule has 12 heavy (non-hydrogen) atoms. The van der Waals surface area contributed by atoms with E-state index in [1.165, 1.54) is 0 Å². The molecule has 0 radical (unpaired) electrons. The lowest BCUT2D eigenvalue weighted by molar-refractivity contribution is -0.141. The molecule has 0 amide bonds. The van der Waals surface area contributed by atoms with Gasteiger partial charge in [-0.25, -0.2) is 4.79 Å². The van der Waals surface area contributed by atoms with Crippen molar-refractivity contribution < 1.29 is 9.53 Å². The van der Waals surface area contributed by atoms with Gasteiger partial charge in [0.25, 0.3) is 0 Å². The molecule has 0 fully saturated rings. The zero-order valence-corrected chi connectivity index (χ0v) is 7.93. The molecule has 0 aliphatic carbocycles. The summed E-state index contributed by atoms with van der Waals surface area (Å²) in [6.45, 7) is 8.78. The van der Waals surface area contributed by atoms with E-state index in [1.54, 1.807) is 0 Å². The zero-order chi connectivity index (χ0) is 9.56. The number of hydrogen-bond donors (Lipinski definition) is 0. The molecule has 0 aromatic carbocycles. The topological polar surface area (TPSA) is 26.3 Å². The predicted octanol–water partition coefficient (Wildman–Crippen LogP) is 2.64. The SMILES string of the molecule is C=CC(=O)OC(CCC)C(=C)Cl. The molecule has 0 N–H and O–H groups in total. The van der Waals surface area contributed by atoms with Crippen LogP contribution in [-0.4, -0.2) is 12.1 Å². The van der Waals surface area contributed by atoms with Gasteiger partial charge in [0.15, 0.2) is 0 Å². The molecule has 0 bridgehead atoms. The molecule has 0 aliphatic heterocycles. The third-order valence-electron chi connectivity index (χ3n) is 1.33. The van der Waals surface area contributed by atoms with Gasteiger partial charge >= 0.3 is 5.97 Å². The van der Waals surface area contributed by atoms with Crippen molar-refractivity contribution in [1.29, 1.82) is 0 Å². The van der Waals surface area contributed by atoms with Crippen LogP contribution < -0.4 is 0 Å². The minimum absolute atomic E-state index is 0.354. The van der Waals surface area contributed by atoms with Gasteiger partial charge in [-0.2, -0.15) is 0 Å². The van der Waals surface area contributed by atoms with Gasteiger partial charge in [-0.3, -0.25) is 0 Å². The van der Waals surface area contributed by atoms with Gasteiger partial charge in [0.2, 0.25) is 0 Å². The summed E-state index contributed by atoms with van der Waals surface area (Å²) in [5.41, 5.74) is 0. The van der Waals surface area contributed by atoms with Crippen LogP contribution in [0.25, 0.3) is 0 Å². The van der Waals surface area contributed by atoms with Crippen molar-refractivity contribution in [2.45, 2.75) is 25.9 Å². The third kappa shape index (κ3) is 4.19. The van der Waals surface area contributed by atoms with Gasteiger partial charge in [-0.15, -0.1) is 0 Å². The Morgan fingerprint density at radius 1 is 1.75 bits per heavy atom. The van der Waals surface area contributed by atoms with E-state index in [0.717, 1.165) is 12.5 Å². The van der Waals surface area contributed by atoms with Crippen LogP contribution in [0.5, 0.6) is 0 Å². The molecule has 0 spiro atoms. The fraction of sp³-hybridized carbons (Fsp3) is 0.444. The molecular formula is C9H13ClO2. The van der Waals surface area contributed by atoms with Gasteiger partial charge < -0.3 is 4.74 Å². The van der Waals surface area contributed by atoms with E-state index in [0.29, 0.717) is 11.5 Å². The number of hydrogen-bond acceptors (Lipinski definition) is 2. The number of ether oxygens (including phenoxy) is 1. The smallest absolute Gasteiger partial charge is 0.330 e. The van der Waals surface area contributed by atoms with E-state index in [1.807, 2.05) is 6.92 Å². The van der Waals surface area contributed by atoms with Crippen molar-refractivity contribution in [3.8, 4) is 0 Å². The molecule has 0 heterocycles. The Bertz CT molecular complexity index is 187. The van der Waals surface area contributed by atoms with Crippen molar-refractivity contribution in [2.75, 3.05) is 0 Å². The van der Waals surface area contributed by atoms with Gasteiger partial charge in [-0.1, -0.05) is 38.1 Å². The molecule has 1 unspecified atom stereocenters. The van der Waals surface area contributed by atoms with Gasteiger partial charge in [-0.05, 0) is 6.42 Å². The highest BCUT2D eigenvalue weighted by molar-refractivity contribution is 6.29. The van der Waals surface area contributed by atoms with E-state index in [9.17, 15) is 4.79 Å². The summed E-state index contributed by atoms with van der Waals surface area (Å²) >= 11 is 5.62. The third-order valence-corrected chi connectivity index (χ3v) is 1.57. The van der Waals surface area contributed by atoms with Crippen molar-refractivity contribution in [2.24, 2.45) is 0 Å². The molecule has 0 saturated heterocycles. The first-order valence-corrected chi connectivity index (χ1v) is 4.17. The van der Waals surface area contributed by atoms with Crippen LogP contribution in [0.2, 0.25) is 0 Å². The largest absolute Gasteiger partial charge is 0.453 e. The van der Waals surface area contributed by atoms with Gasteiger partial charge in [0.1, 0.15) is 6.10 Å². The monoisotopic (exact) mass is 188 g/mol. The number of halogens is 1. The minimum Gasteiger partial charge on any atom is -0.453 e. The van der Waals surface area contributed by atoms with Crippen LogP contribution in [0.4, 0.5) is 0 Å². The number of esters is 1. The van der Waals surface area contributed by atoms with E-state index in [-0.39, 0.29) is 6.10 Å². The van der Waals surface area contributed by atoms with E-state index >= 15 is 0 Å². The van der Waals surface area contributed by atoms with E-state index < -0.39 is 5.97 Å². The summed E-state index contributed by atoms with van der Waals surface area (Å²) < 4.78 is 4.91. The van der Waals surface area contributed by atoms with Crippen LogP contribution >= 0.6 is 11.6 Å². The first-order valence-electron chi connectivity index (χ1n) is 3.79. The van der Waals surface area contributed by atoms with Crippen molar-refractivity contribution in [3.05, 3.63) is 24.3 Å². The summed E-state index contributed by atoms with van der Waals surface area (Å²) in [5.74, 6) is -0.463. The number of rotatable bonds is 5. The van der Waals surface area contributed by atoms with Gasteiger partial charge in [0, 0.05) is 6.08 Å². The molecule has 0 aromatic heterocycles. The lowest BCUT2D eigenvalue weighted by atomic mass is 10.2. The summed E-state index contributed by atoms with van der Waals surface area (Å²) in [7, 11) is 0. The summed E-state index contributed by atoms with van der Waals surface area (Å²) in [6, 6.07) is 0. The first kappa shape index (κ1) is 11.2. The number of carbonyl (C=O) groups excluding carboxylic acids is 1. The average molecular weight is 189 g/mol. The summed E-state index contributed by atoms with van der Waals surface area (Å²) in [5, 5.41) is 0.354. The maximum atomic E-state index is 10.8. The quantitative estimate of drug-likeness (QED) is 0.490. The number of carbonyl (C=O) groups is 1. The molecule has 68 valence electrons. The normalized spacial score (nSPS) is 11.8. The molecule has 0 saturated carbocycles. The molecule has 0 aliphatic rings. The minimum atomic E-state index is -0.463. The van der Waals surface area contributed by atoms with Crippen LogP contribution in [0.1, 0.15) is 19.8 Å². The Kier molecular flexibility index (Phi) is 5.47. The van der Waals surface area contributed by atoms with E-state index in [2.05, 4.69) is 13.2 Å². The Labute approximate surface area is 77.9 Å². The molecule has 2 nitrogen and oxygen atoms in total. The Hall–Kier alpha value is -0.760. The van der Waals surface area contributed by atoms with Crippen LogP contribution in [-0.2, 0) is 9.53 Å². The average Bonchev–Trinajstić information content (AvgIpc) is 2.03. The van der Waals surface area contributed by atoms with Crippen molar-refractivity contribution in [1.82, 2.24) is 0 Å². The Morgan fingerprint density at radius 3 is 2.67 bits per heavy atom. The zero-order valence-electron chi connectivity index (χ0n) is 7.18. The standard InChI is InChI=1S/C9H13ClO2/c1-4-6-8(7(3)10)12-9(11)5-2/h5,8H,2-4,6H2,1H3. The summed E-state index contributed by atoms with van der Waals surface area (Å²) in [4.78, 5) is 10.8. The highest BCUT2D eigenvalue weighted by Gasteiger charge is 2.13. The highest BCUT2D eigenvalue weighted by atomic mass is 35.5. The molecule has 0 aromatic rings. The molecule has 0 rings (SSSR count). The second-order valence-corrected chi connectivity index (χ2v) is 2.85. The molecule has 3 heteroatoms. The fourth-order valence-corrected chi connectivity index (χ4v) is 0.884. The Balaban J connectivity index is 4.03. The maximum absolute atomic E-state index is 10.8. The van der Waals surface area contributed by atoms with Crippen molar-refractivity contribution >= 4 is 17.6 Å². The fourth-order valence-electron chi connectivity index (χ4n) is 0.730.